The van der Waals surface area contributed by atoms with Crippen molar-refractivity contribution in [2.45, 2.75) is 12.5 Å². The van der Waals surface area contributed by atoms with Gasteiger partial charge in [0.1, 0.15) is 23.0 Å². The maximum atomic E-state index is 13.2. The summed E-state index contributed by atoms with van der Waals surface area (Å²) in [7, 11) is 0. The number of anilines is 1. The van der Waals surface area contributed by atoms with Crippen LogP contribution in [-0.4, -0.2) is 41.2 Å². The second kappa shape index (κ2) is 11.2. The van der Waals surface area contributed by atoms with E-state index >= 15 is 0 Å². The van der Waals surface area contributed by atoms with Crippen molar-refractivity contribution in [3.05, 3.63) is 106 Å². The molecule has 3 aromatic heterocycles. The van der Waals surface area contributed by atoms with Crippen LogP contribution in [0, 0.1) is 0 Å². The van der Waals surface area contributed by atoms with E-state index in [2.05, 4.69) is 31.0 Å². The summed E-state index contributed by atoms with van der Waals surface area (Å²) in [6.45, 7) is 0. The number of rotatable bonds is 8. The Kier molecular flexibility index (Phi) is 7.19. The van der Waals surface area contributed by atoms with Gasteiger partial charge < -0.3 is 20.6 Å². The number of nitrogens with two attached hydrogens (primary N) is 1. The lowest BCUT2D eigenvalue weighted by atomic mass is 10.1. The summed E-state index contributed by atoms with van der Waals surface area (Å²) in [6, 6.07) is 19.9. The summed E-state index contributed by atoms with van der Waals surface area (Å²) in [5.41, 5.74) is 9.90. The number of hydrogen-bond donors (Lipinski definition) is 3. The van der Waals surface area contributed by atoms with Gasteiger partial charge >= 0.3 is 0 Å². The molecule has 4 N–H and O–H groups in total. The van der Waals surface area contributed by atoms with Crippen LogP contribution in [0.4, 0.5) is 5.82 Å². The van der Waals surface area contributed by atoms with Gasteiger partial charge in [-0.25, -0.2) is 4.98 Å². The van der Waals surface area contributed by atoms with E-state index in [1.165, 1.54) is 17.1 Å². The number of nitrogens with one attached hydrogen (secondary N) is 2. The van der Waals surface area contributed by atoms with Gasteiger partial charge in [-0.3, -0.25) is 4.79 Å². The minimum Gasteiger partial charge on any atom is -0.380 e. The number of nitrogens with zero attached hydrogens (tertiary/aromatic N) is 6. The number of halogens is 2. The van der Waals surface area contributed by atoms with Gasteiger partial charge in [0.15, 0.2) is 11.4 Å². The molecule has 6 rings (SSSR count). The number of benzene rings is 3. The van der Waals surface area contributed by atoms with Crippen molar-refractivity contribution < 1.29 is 9.32 Å². The second-order valence-electron chi connectivity index (χ2n) is 9.11. The Morgan fingerprint density at radius 2 is 1.98 bits per heavy atom. The first-order valence-electron chi connectivity index (χ1n) is 12.4. The zero-order valence-corrected chi connectivity index (χ0v) is 22.7. The van der Waals surface area contributed by atoms with Crippen LogP contribution in [0.5, 0.6) is 0 Å². The number of aromatic amines is 1. The van der Waals surface area contributed by atoms with E-state index < -0.39 is 6.04 Å². The Bertz CT molecular complexity index is 1860. The summed E-state index contributed by atoms with van der Waals surface area (Å²) in [5, 5.41) is 19.7. The number of amides is 1. The fourth-order valence-corrected chi connectivity index (χ4v) is 4.85. The standard InChI is InChI=1S/C28H21Cl2N9O2/c29-19-8-10-22(39-15-32-37-38-39)17(13-19)7-11-24(40)33-21(12-16-4-2-1-3-5-16)28-34-25(26(30)35-28)18-6-9-20-23(14-18)41-36-27(20)31/h1-11,13-15,21H,12H2,(H2,31,36)(H,33,40)(H,34,35)/b11-7+. The number of tetrazole rings is 1. The van der Waals surface area contributed by atoms with E-state index in [1.807, 2.05) is 36.4 Å². The quantitative estimate of drug-likeness (QED) is 0.206. The monoisotopic (exact) mass is 585 g/mol. The van der Waals surface area contributed by atoms with Crippen molar-refractivity contribution in [3.63, 3.8) is 0 Å². The molecule has 0 saturated carbocycles. The van der Waals surface area contributed by atoms with Gasteiger partial charge in [-0.05, 0) is 58.8 Å². The zero-order valence-electron chi connectivity index (χ0n) is 21.2. The molecule has 0 aliphatic rings. The average molecular weight is 586 g/mol. The number of imidazole rings is 1. The molecule has 13 heteroatoms. The maximum absolute atomic E-state index is 13.2. The number of nitrogen functional groups attached to an aromatic ring is 1. The van der Waals surface area contributed by atoms with Crippen LogP contribution >= 0.6 is 23.2 Å². The molecule has 41 heavy (non-hydrogen) atoms. The van der Waals surface area contributed by atoms with E-state index in [1.54, 1.807) is 36.4 Å². The van der Waals surface area contributed by atoms with Crippen LogP contribution in [-0.2, 0) is 11.2 Å². The van der Waals surface area contributed by atoms with Crippen molar-refractivity contribution in [2.24, 2.45) is 0 Å². The minimum absolute atomic E-state index is 0.307. The number of carbonyl (C=O) groups is 1. The van der Waals surface area contributed by atoms with Crippen LogP contribution in [0.2, 0.25) is 10.2 Å². The summed E-state index contributed by atoms with van der Waals surface area (Å²) in [6.07, 6.45) is 5.00. The fraction of sp³-hybridized carbons (Fsp3) is 0.0714. The molecule has 6 aromatic rings. The lowest BCUT2D eigenvalue weighted by molar-refractivity contribution is -0.117. The highest BCUT2D eigenvalue weighted by atomic mass is 35.5. The van der Waals surface area contributed by atoms with E-state index in [9.17, 15) is 4.79 Å². The first-order chi connectivity index (χ1) is 19.9. The smallest absolute Gasteiger partial charge is 0.244 e. The van der Waals surface area contributed by atoms with Crippen molar-refractivity contribution in [1.29, 1.82) is 0 Å². The summed E-state index contributed by atoms with van der Waals surface area (Å²) in [5.74, 6) is 0.452. The predicted octanol–water partition coefficient (Wildman–Crippen LogP) is 5.20. The Hall–Kier alpha value is -5.00. The lowest BCUT2D eigenvalue weighted by Crippen LogP contribution is -2.29. The van der Waals surface area contributed by atoms with Crippen molar-refractivity contribution in [3.8, 4) is 16.9 Å². The highest BCUT2D eigenvalue weighted by Crippen LogP contribution is 2.32. The van der Waals surface area contributed by atoms with Gasteiger partial charge in [-0.2, -0.15) is 4.68 Å². The highest BCUT2D eigenvalue weighted by molar-refractivity contribution is 6.32. The number of aromatic nitrogens is 7. The molecule has 0 fully saturated rings. The van der Waals surface area contributed by atoms with Gasteiger partial charge in [0.2, 0.25) is 5.91 Å². The van der Waals surface area contributed by atoms with Crippen molar-refractivity contribution >= 4 is 52.0 Å². The lowest BCUT2D eigenvalue weighted by Gasteiger charge is -2.16. The van der Waals surface area contributed by atoms with Crippen LogP contribution in [0.25, 0.3) is 34.0 Å². The second-order valence-corrected chi connectivity index (χ2v) is 9.92. The molecular formula is C28H21Cl2N9O2. The van der Waals surface area contributed by atoms with Gasteiger partial charge in [-0.15, -0.1) is 5.10 Å². The number of H-pyrrole nitrogens is 1. The normalized spacial score (nSPS) is 12.2. The van der Waals surface area contributed by atoms with Crippen LogP contribution in [0.3, 0.4) is 0 Å². The predicted molar refractivity (Wildman–Crippen MR) is 155 cm³/mol. The van der Waals surface area contributed by atoms with Gasteiger partial charge in [0.25, 0.3) is 0 Å². The molecule has 3 heterocycles. The van der Waals surface area contributed by atoms with E-state index in [-0.39, 0.29) is 5.91 Å². The molecule has 0 spiro atoms. The van der Waals surface area contributed by atoms with Crippen molar-refractivity contribution in [2.75, 3.05) is 5.73 Å². The number of fused-ring (bicyclic) bond motifs is 1. The van der Waals surface area contributed by atoms with Crippen LogP contribution in [0.1, 0.15) is 23.0 Å². The van der Waals surface area contributed by atoms with E-state index in [0.29, 0.717) is 61.7 Å². The van der Waals surface area contributed by atoms with Gasteiger partial charge in [0.05, 0.1) is 17.1 Å². The molecule has 0 bridgehead atoms. The first-order valence-corrected chi connectivity index (χ1v) is 13.2. The molecule has 11 nitrogen and oxygen atoms in total. The third-order valence-electron chi connectivity index (χ3n) is 6.38. The summed E-state index contributed by atoms with van der Waals surface area (Å²) in [4.78, 5) is 21.1. The average Bonchev–Trinajstić information content (AvgIpc) is 3.73. The Morgan fingerprint density at radius 3 is 2.78 bits per heavy atom. The molecule has 1 amide bonds. The molecule has 1 atom stereocenters. The van der Waals surface area contributed by atoms with E-state index in [4.69, 9.17) is 38.4 Å². The van der Waals surface area contributed by atoms with Crippen LogP contribution in [0.15, 0.2) is 83.7 Å². The molecule has 0 aliphatic heterocycles. The van der Waals surface area contributed by atoms with Gasteiger partial charge in [-0.1, -0.05) is 64.8 Å². The third-order valence-corrected chi connectivity index (χ3v) is 6.89. The maximum Gasteiger partial charge on any atom is 0.244 e. The Balaban J connectivity index is 1.29. The molecular weight excluding hydrogens is 565 g/mol. The Labute approximate surface area is 243 Å². The Morgan fingerprint density at radius 1 is 1.12 bits per heavy atom. The third kappa shape index (κ3) is 5.67. The molecule has 0 radical (unpaired) electrons. The number of hydrogen-bond acceptors (Lipinski definition) is 8. The van der Waals surface area contributed by atoms with Crippen molar-refractivity contribution in [1.82, 2.24) is 40.6 Å². The molecule has 0 saturated heterocycles. The fourth-order valence-electron chi connectivity index (χ4n) is 4.42. The SMILES string of the molecule is Nc1noc2cc(-c3nc(C(Cc4ccccc4)NC(=O)/C=C/c4cc(Cl)ccc4-n4cnnn4)[nH]c3Cl)ccc12. The molecule has 3 aromatic carbocycles. The summed E-state index contributed by atoms with van der Waals surface area (Å²) < 4.78 is 6.79. The molecule has 204 valence electrons. The van der Waals surface area contributed by atoms with Gasteiger partial charge in [0, 0.05) is 22.2 Å². The zero-order chi connectivity index (χ0) is 28.3. The first kappa shape index (κ1) is 26.2. The topological polar surface area (TPSA) is 153 Å². The minimum atomic E-state index is -0.524. The largest absolute Gasteiger partial charge is 0.380 e. The van der Waals surface area contributed by atoms with Crippen LogP contribution < -0.4 is 11.1 Å². The number of carbonyl (C=O) groups excluding carboxylic acids is 1. The molecule has 1 unspecified atom stereocenters. The summed E-state index contributed by atoms with van der Waals surface area (Å²) >= 11 is 12.8. The highest BCUT2D eigenvalue weighted by Gasteiger charge is 2.21. The van der Waals surface area contributed by atoms with E-state index in [0.717, 1.165) is 5.56 Å². The molecule has 0 aliphatic carbocycles.